The topological polar surface area (TPSA) is 99.6 Å². The van der Waals surface area contributed by atoms with E-state index in [1.165, 1.54) is 0 Å². The molecule has 9 nitrogen and oxygen atoms in total. The van der Waals surface area contributed by atoms with Crippen molar-refractivity contribution in [1.82, 2.24) is 9.80 Å². The Bertz CT molecular complexity index is 1190. The van der Waals surface area contributed by atoms with Crippen LogP contribution in [0.2, 0.25) is 0 Å². The first-order valence-electron chi connectivity index (χ1n) is 14.4. The molecule has 1 spiro atoms. The molecule has 9 heteroatoms. The van der Waals surface area contributed by atoms with E-state index in [1.807, 2.05) is 83.2 Å². The normalized spacial score (nSPS) is 30.5. The Morgan fingerprint density at radius 3 is 2.38 bits per heavy atom. The molecular weight excluding hydrogens is 510 g/mol. The van der Waals surface area contributed by atoms with Crippen LogP contribution in [-0.2, 0) is 19.1 Å². The zero-order valence-electron chi connectivity index (χ0n) is 24.0. The zero-order chi connectivity index (χ0) is 28.8. The summed E-state index contributed by atoms with van der Waals surface area (Å²) in [6.45, 7) is 10.8. The fourth-order valence-electron chi connectivity index (χ4n) is 6.89. The molecule has 2 fully saturated rings. The van der Waals surface area contributed by atoms with E-state index in [-0.39, 0.29) is 36.3 Å². The van der Waals surface area contributed by atoms with Gasteiger partial charge in [-0.1, -0.05) is 38.2 Å². The molecule has 0 radical (unpaired) electrons. The van der Waals surface area contributed by atoms with Gasteiger partial charge in [-0.2, -0.15) is 0 Å². The van der Waals surface area contributed by atoms with Gasteiger partial charge in [-0.3, -0.25) is 14.4 Å². The number of fused-ring (bicyclic) bond motifs is 2. The summed E-state index contributed by atoms with van der Waals surface area (Å²) in [6, 6.07) is 5.72. The van der Waals surface area contributed by atoms with E-state index < -0.39 is 35.6 Å². The lowest BCUT2D eigenvalue weighted by atomic mass is 9.77. The van der Waals surface area contributed by atoms with Gasteiger partial charge >= 0.3 is 0 Å². The molecule has 40 heavy (non-hydrogen) atoms. The Labute approximate surface area is 236 Å². The number of carbonyl (C=O) groups excluding carboxylic acids is 3. The lowest BCUT2D eigenvalue weighted by Crippen LogP contribution is -2.59. The molecule has 0 bridgehead atoms. The largest absolute Gasteiger partial charge is 0.494 e. The van der Waals surface area contributed by atoms with Gasteiger partial charge in [0.15, 0.2) is 0 Å². The quantitative estimate of drug-likeness (QED) is 0.499. The summed E-state index contributed by atoms with van der Waals surface area (Å²) in [5.74, 6) is -1.55. The summed E-state index contributed by atoms with van der Waals surface area (Å²) >= 11 is 0. The zero-order valence-corrected chi connectivity index (χ0v) is 24.0. The molecule has 1 aromatic carbocycles. The molecule has 0 saturated carbocycles. The van der Waals surface area contributed by atoms with E-state index in [1.54, 1.807) is 14.7 Å². The summed E-state index contributed by atoms with van der Waals surface area (Å²) in [4.78, 5) is 47.9. The number of amides is 3. The molecule has 0 aliphatic carbocycles. The van der Waals surface area contributed by atoms with E-state index in [0.717, 1.165) is 0 Å². The molecule has 4 heterocycles. The van der Waals surface area contributed by atoms with Gasteiger partial charge in [0.05, 0.1) is 37.2 Å². The molecule has 2 saturated heterocycles. The maximum atomic E-state index is 14.5. The third-order valence-electron chi connectivity index (χ3n) is 8.56. The Kier molecular flexibility index (Phi) is 7.81. The number of ether oxygens (including phenoxy) is 2. The number of hydrogen-bond donors (Lipinski definition) is 1. The lowest BCUT2D eigenvalue weighted by Gasteiger charge is -2.39. The van der Waals surface area contributed by atoms with Gasteiger partial charge in [0, 0.05) is 24.8 Å². The summed E-state index contributed by atoms with van der Waals surface area (Å²) in [7, 11) is 0. The minimum Gasteiger partial charge on any atom is -0.494 e. The standard InChI is InChI=1S/C31H41N3O6/c1-6-39-23-12-10-21(11-13-23)33-15-7-9-24-25(28(33)36)26-29(37)34(22(18-35)17-19(2)3)27-30(38)32(20(4)5)16-8-14-31(26,27)40-24/h7-14,19-20,22,24-27,35H,6,15-18H2,1-5H3/t22-,24-,25+,26+,27?,31+/m1/s1. The van der Waals surface area contributed by atoms with Crippen LogP contribution >= 0.6 is 0 Å². The summed E-state index contributed by atoms with van der Waals surface area (Å²) < 4.78 is 12.3. The minimum atomic E-state index is -1.31. The second kappa shape index (κ2) is 11.0. The summed E-state index contributed by atoms with van der Waals surface area (Å²) in [5, 5.41) is 10.4. The van der Waals surface area contributed by atoms with Crippen LogP contribution in [-0.4, -0.2) is 88.8 Å². The van der Waals surface area contributed by atoms with Crippen LogP contribution in [0.4, 0.5) is 5.69 Å². The average molecular weight is 552 g/mol. The number of rotatable bonds is 8. The first kappa shape index (κ1) is 28.4. The molecule has 4 aliphatic heterocycles. The summed E-state index contributed by atoms with van der Waals surface area (Å²) in [6.07, 6.45) is 7.37. The van der Waals surface area contributed by atoms with Gasteiger partial charge in [0.2, 0.25) is 17.7 Å². The number of carbonyl (C=O) groups is 3. The highest BCUT2D eigenvalue weighted by Crippen LogP contribution is 2.54. The molecule has 216 valence electrons. The minimum absolute atomic E-state index is 0.0930. The third-order valence-corrected chi connectivity index (χ3v) is 8.56. The Hall–Kier alpha value is -3.17. The average Bonchev–Trinajstić information content (AvgIpc) is 3.23. The maximum absolute atomic E-state index is 14.5. The SMILES string of the molecule is CCOc1ccc(N2CC=C[C@H]3O[C@]45C=CCN(C(C)C)C(=O)C4N([C@@H](CO)CC(C)C)C(=O)[C@@H]5[C@H]3C2=O)cc1. The van der Waals surface area contributed by atoms with Gasteiger partial charge in [-0.25, -0.2) is 0 Å². The lowest BCUT2D eigenvalue weighted by molar-refractivity contribution is -0.151. The predicted molar refractivity (Wildman–Crippen MR) is 151 cm³/mol. The fraction of sp³-hybridized carbons (Fsp3) is 0.581. The maximum Gasteiger partial charge on any atom is 0.249 e. The number of aliphatic hydroxyl groups excluding tert-OH is 1. The molecule has 1 N–H and O–H groups in total. The van der Waals surface area contributed by atoms with E-state index >= 15 is 0 Å². The Morgan fingerprint density at radius 2 is 1.75 bits per heavy atom. The highest BCUT2D eigenvalue weighted by atomic mass is 16.5. The van der Waals surface area contributed by atoms with Crippen molar-refractivity contribution in [1.29, 1.82) is 0 Å². The number of aliphatic hydroxyl groups is 1. The number of benzene rings is 1. The van der Waals surface area contributed by atoms with Gasteiger partial charge in [-0.15, -0.1) is 0 Å². The molecular formula is C31H41N3O6. The molecule has 0 aromatic heterocycles. The van der Waals surface area contributed by atoms with E-state index in [9.17, 15) is 19.5 Å². The van der Waals surface area contributed by atoms with Crippen molar-refractivity contribution < 1.29 is 29.0 Å². The van der Waals surface area contributed by atoms with Gasteiger partial charge in [-0.05, 0) is 57.4 Å². The number of nitrogens with zero attached hydrogens (tertiary/aromatic N) is 3. The smallest absolute Gasteiger partial charge is 0.249 e. The number of anilines is 1. The molecule has 4 aliphatic rings. The van der Waals surface area contributed by atoms with Gasteiger partial charge in [0.1, 0.15) is 17.4 Å². The summed E-state index contributed by atoms with van der Waals surface area (Å²) in [5.41, 5.74) is -0.607. The molecule has 1 aromatic rings. The first-order chi connectivity index (χ1) is 19.1. The van der Waals surface area contributed by atoms with Crippen molar-refractivity contribution in [3.63, 3.8) is 0 Å². The van der Waals surface area contributed by atoms with E-state index in [0.29, 0.717) is 37.6 Å². The first-order valence-corrected chi connectivity index (χ1v) is 14.4. The Balaban J connectivity index is 1.58. The second-order valence-corrected chi connectivity index (χ2v) is 11.8. The molecule has 1 unspecified atom stereocenters. The van der Waals surface area contributed by atoms with Crippen molar-refractivity contribution in [2.24, 2.45) is 17.8 Å². The van der Waals surface area contributed by atoms with Crippen LogP contribution in [0.15, 0.2) is 48.6 Å². The van der Waals surface area contributed by atoms with Crippen molar-refractivity contribution in [2.45, 2.75) is 70.9 Å². The van der Waals surface area contributed by atoms with E-state index in [4.69, 9.17) is 9.47 Å². The van der Waals surface area contributed by atoms with Crippen LogP contribution in [0.25, 0.3) is 0 Å². The van der Waals surface area contributed by atoms with Crippen LogP contribution < -0.4 is 9.64 Å². The monoisotopic (exact) mass is 551 g/mol. The van der Waals surface area contributed by atoms with Crippen molar-refractivity contribution in [2.75, 3.05) is 31.2 Å². The highest BCUT2D eigenvalue weighted by molar-refractivity contribution is 6.04. The second-order valence-electron chi connectivity index (χ2n) is 11.8. The van der Waals surface area contributed by atoms with Crippen molar-refractivity contribution in [3.8, 4) is 5.75 Å². The van der Waals surface area contributed by atoms with Gasteiger partial charge in [0.25, 0.3) is 0 Å². The van der Waals surface area contributed by atoms with Crippen molar-refractivity contribution >= 4 is 23.4 Å². The molecule has 5 rings (SSSR count). The van der Waals surface area contributed by atoms with Crippen LogP contribution in [0.3, 0.4) is 0 Å². The van der Waals surface area contributed by atoms with Gasteiger partial charge < -0.3 is 29.3 Å². The van der Waals surface area contributed by atoms with E-state index in [2.05, 4.69) is 0 Å². The number of hydrogen-bond acceptors (Lipinski definition) is 6. The molecule has 3 amide bonds. The van der Waals surface area contributed by atoms with Crippen LogP contribution in [0.5, 0.6) is 5.75 Å². The molecule has 6 atom stereocenters. The predicted octanol–water partition coefficient (Wildman–Crippen LogP) is 2.78. The van der Waals surface area contributed by atoms with Crippen LogP contribution in [0.1, 0.15) is 41.0 Å². The van der Waals surface area contributed by atoms with Crippen molar-refractivity contribution in [3.05, 3.63) is 48.6 Å². The van der Waals surface area contributed by atoms with Crippen LogP contribution in [0, 0.1) is 17.8 Å². The highest BCUT2D eigenvalue weighted by Gasteiger charge is 2.72. The third kappa shape index (κ3) is 4.53. The number of likely N-dealkylation sites (tertiary alicyclic amines) is 1. The fourth-order valence-corrected chi connectivity index (χ4v) is 6.89. The Morgan fingerprint density at radius 1 is 1.02 bits per heavy atom.